The van der Waals surface area contributed by atoms with Crippen LogP contribution in [0, 0.1) is 17.0 Å². The van der Waals surface area contributed by atoms with Gasteiger partial charge in [-0.2, -0.15) is 10.1 Å². The molecule has 0 bridgehead atoms. The second-order valence-corrected chi connectivity index (χ2v) is 8.59. The van der Waals surface area contributed by atoms with Crippen molar-refractivity contribution in [3.05, 3.63) is 141 Å². The maximum atomic E-state index is 13.4. The zero-order chi connectivity index (χ0) is 26.6. The number of nitrogens with zero attached hydrogens (tertiary/aromatic N) is 3. The number of nitro benzene ring substituents is 1. The van der Waals surface area contributed by atoms with Gasteiger partial charge >= 0.3 is 5.97 Å². The van der Waals surface area contributed by atoms with E-state index in [2.05, 4.69) is 5.10 Å². The zero-order valence-electron chi connectivity index (χ0n) is 20.3. The van der Waals surface area contributed by atoms with Gasteiger partial charge in [-0.05, 0) is 55.0 Å². The number of nitro groups is 1. The lowest BCUT2D eigenvalue weighted by atomic mass is 10.0. The molecule has 4 aromatic carbocycles. The van der Waals surface area contributed by atoms with Crippen LogP contribution in [0.1, 0.15) is 27.0 Å². The van der Waals surface area contributed by atoms with Crippen LogP contribution in [-0.2, 0) is 4.79 Å². The summed E-state index contributed by atoms with van der Waals surface area (Å²) in [6.45, 7) is 1.90. The molecule has 8 nitrogen and oxygen atoms in total. The van der Waals surface area contributed by atoms with E-state index in [1.165, 1.54) is 29.3 Å². The highest BCUT2D eigenvalue weighted by atomic mass is 16.6. The molecule has 4 aromatic rings. The molecule has 0 atom stereocenters. The van der Waals surface area contributed by atoms with Gasteiger partial charge in [0.1, 0.15) is 11.5 Å². The first kappa shape index (κ1) is 24.3. The average Bonchev–Trinajstić information content (AvgIpc) is 3.26. The van der Waals surface area contributed by atoms with E-state index in [1.54, 1.807) is 48.5 Å². The van der Waals surface area contributed by atoms with Crippen LogP contribution in [0.5, 0.6) is 5.75 Å². The zero-order valence-corrected chi connectivity index (χ0v) is 20.3. The van der Waals surface area contributed by atoms with E-state index in [1.807, 2.05) is 43.3 Å². The second-order valence-electron chi connectivity index (χ2n) is 8.59. The maximum absolute atomic E-state index is 13.4. The fraction of sp³-hybridized carbons (Fsp3) is 0.0333. The topological polar surface area (TPSA) is 102 Å². The molecule has 0 aliphatic carbocycles. The summed E-state index contributed by atoms with van der Waals surface area (Å²) in [5, 5.41) is 16.8. The first-order chi connectivity index (χ1) is 18.4. The third kappa shape index (κ3) is 5.10. The van der Waals surface area contributed by atoms with Crippen LogP contribution >= 0.6 is 0 Å². The van der Waals surface area contributed by atoms with E-state index in [-0.39, 0.29) is 11.6 Å². The molecule has 0 unspecified atom stereocenters. The molecule has 1 amide bonds. The largest absolute Gasteiger partial charge is 0.423 e. The minimum atomic E-state index is -0.499. The van der Waals surface area contributed by atoms with Crippen LogP contribution in [0.25, 0.3) is 6.08 Å². The Hall–Kier alpha value is -5.37. The Balaban J connectivity index is 1.43. The monoisotopic (exact) mass is 503 g/mol. The minimum Gasteiger partial charge on any atom is -0.423 e. The van der Waals surface area contributed by atoms with Gasteiger partial charge in [0, 0.05) is 17.7 Å². The third-order valence-corrected chi connectivity index (χ3v) is 5.89. The number of ether oxygens (including phenoxy) is 1. The summed E-state index contributed by atoms with van der Waals surface area (Å²) in [5.41, 5.74) is 4.05. The lowest BCUT2D eigenvalue weighted by Gasteiger charge is -2.11. The molecule has 1 aliphatic heterocycles. The fourth-order valence-electron chi connectivity index (χ4n) is 3.98. The molecule has 186 valence electrons. The van der Waals surface area contributed by atoms with Crippen LogP contribution in [0.15, 0.2) is 114 Å². The van der Waals surface area contributed by atoms with E-state index in [0.29, 0.717) is 33.8 Å². The highest BCUT2D eigenvalue weighted by molar-refractivity contribution is 6.37. The van der Waals surface area contributed by atoms with Gasteiger partial charge in [-0.15, -0.1) is 0 Å². The predicted molar refractivity (Wildman–Crippen MR) is 144 cm³/mol. The average molecular weight is 504 g/mol. The molecular weight excluding hydrogens is 482 g/mol. The quantitative estimate of drug-likeness (QED) is 0.106. The number of anilines is 1. The van der Waals surface area contributed by atoms with Gasteiger partial charge in [-0.1, -0.05) is 60.2 Å². The highest BCUT2D eigenvalue weighted by Crippen LogP contribution is 2.29. The van der Waals surface area contributed by atoms with Crippen molar-refractivity contribution >= 4 is 35.0 Å². The van der Waals surface area contributed by atoms with Gasteiger partial charge < -0.3 is 4.74 Å². The Morgan fingerprint density at radius 3 is 2.29 bits per heavy atom. The molecule has 5 rings (SSSR count). The van der Waals surface area contributed by atoms with E-state index in [9.17, 15) is 19.7 Å². The lowest BCUT2D eigenvalue weighted by Crippen LogP contribution is -2.21. The molecule has 1 heterocycles. The Morgan fingerprint density at radius 1 is 0.921 bits per heavy atom. The van der Waals surface area contributed by atoms with Gasteiger partial charge in [0.05, 0.1) is 21.7 Å². The number of hydrazone groups is 1. The van der Waals surface area contributed by atoms with Crippen molar-refractivity contribution in [3.63, 3.8) is 0 Å². The van der Waals surface area contributed by atoms with Crippen molar-refractivity contribution in [2.24, 2.45) is 5.10 Å². The summed E-state index contributed by atoms with van der Waals surface area (Å²) in [5.74, 6) is -0.448. The number of benzene rings is 4. The number of hydrogen-bond donors (Lipinski definition) is 0. The first-order valence-electron chi connectivity index (χ1n) is 11.7. The summed E-state index contributed by atoms with van der Waals surface area (Å²) < 4.78 is 5.49. The molecule has 38 heavy (non-hydrogen) atoms. The number of hydrogen-bond acceptors (Lipinski definition) is 6. The van der Waals surface area contributed by atoms with Crippen molar-refractivity contribution in [1.29, 1.82) is 0 Å². The maximum Gasteiger partial charge on any atom is 0.343 e. The summed E-state index contributed by atoms with van der Waals surface area (Å²) in [4.78, 5) is 36.4. The molecule has 8 heteroatoms. The van der Waals surface area contributed by atoms with Gasteiger partial charge in [0.15, 0.2) is 0 Å². The highest BCUT2D eigenvalue weighted by Gasteiger charge is 2.32. The Bertz CT molecular complexity index is 1590. The predicted octanol–water partition coefficient (Wildman–Crippen LogP) is 5.96. The Morgan fingerprint density at radius 2 is 1.63 bits per heavy atom. The number of carbonyl (C=O) groups is 2. The molecule has 0 N–H and O–H groups in total. The van der Waals surface area contributed by atoms with Crippen LogP contribution in [0.3, 0.4) is 0 Å². The van der Waals surface area contributed by atoms with Crippen molar-refractivity contribution in [2.75, 3.05) is 5.01 Å². The number of aryl methyl sites for hydroxylation is 1. The number of carbonyl (C=O) groups excluding carboxylic acids is 2. The summed E-state index contributed by atoms with van der Waals surface area (Å²) in [6, 6.07) is 28.9. The smallest absolute Gasteiger partial charge is 0.343 e. The van der Waals surface area contributed by atoms with Crippen molar-refractivity contribution in [2.45, 2.75) is 6.92 Å². The second kappa shape index (κ2) is 10.3. The van der Waals surface area contributed by atoms with E-state index < -0.39 is 10.9 Å². The van der Waals surface area contributed by atoms with Gasteiger partial charge in [-0.3, -0.25) is 14.9 Å². The molecule has 0 spiro atoms. The Labute approximate surface area is 218 Å². The van der Waals surface area contributed by atoms with E-state index >= 15 is 0 Å². The van der Waals surface area contributed by atoms with E-state index in [0.717, 1.165) is 11.1 Å². The molecule has 0 saturated heterocycles. The van der Waals surface area contributed by atoms with Gasteiger partial charge in [0.25, 0.3) is 11.6 Å². The number of esters is 1. The molecule has 0 radical (unpaired) electrons. The normalized spacial score (nSPS) is 13.9. The van der Waals surface area contributed by atoms with Crippen molar-refractivity contribution < 1.29 is 19.2 Å². The number of rotatable bonds is 6. The van der Waals surface area contributed by atoms with Crippen molar-refractivity contribution in [3.8, 4) is 5.75 Å². The number of amides is 1. The molecule has 0 saturated carbocycles. The SMILES string of the molecule is Cc1cccc(C(=O)Oc2ccc(/C=C3\C(=O)N(c4ccc([N+](=O)[O-])cc4)N=C3c3ccccc3)cc2)c1. The fourth-order valence-corrected chi connectivity index (χ4v) is 3.98. The standard InChI is InChI=1S/C30H21N3O5/c1-20-6-5-9-23(18-20)30(35)38-26-16-10-21(11-17-26)19-27-28(22-7-3-2-4-8-22)31-32(29(27)34)24-12-14-25(15-13-24)33(36)37/h2-19H,1H3/b27-19-. The van der Waals surface area contributed by atoms with Crippen LogP contribution in [0.2, 0.25) is 0 Å². The van der Waals surface area contributed by atoms with Crippen LogP contribution in [-0.4, -0.2) is 22.5 Å². The molecule has 0 aromatic heterocycles. The van der Waals surface area contributed by atoms with Crippen molar-refractivity contribution in [1.82, 2.24) is 0 Å². The minimum absolute atomic E-state index is 0.0772. The molecular formula is C30H21N3O5. The molecule has 0 fully saturated rings. The van der Waals surface area contributed by atoms with Gasteiger partial charge in [0.2, 0.25) is 0 Å². The summed E-state index contributed by atoms with van der Waals surface area (Å²) >= 11 is 0. The lowest BCUT2D eigenvalue weighted by molar-refractivity contribution is -0.384. The molecule has 1 aliphatic rings. The van der Waals surface area contributed by atoms with Gasteiger partial charge in [-0.25, -0.2) is 4.79 Å². The summed E-state index contributed by atoms with van der Waals surface area (Å²) in [6.07, 6.45) is 1.71. The summed E-state index contributed by atoms with van der Waals surface area (Å²) in [7, 11) is 0. The number of non-ortho nitro benzene ring substituents is 1. The Kier molecular flexibility index (Phi) is 6.61. The van der Waals surface area contributed by atoms with Crippen LogP contribution < -0.4 is 9.75 Å². The van der Waals surface area contributed by atoms with E-state index in [4.69, 9.17) is 4.74 Å². The third-order valence-electron chi connectivity index (χ3n) is 5.89. The van der Waals surface area contributed by atoms with Crippen LogP contribution in [0.4, 0.5) is 11.4 Å². The first-order valence-corrected chi connectivity index (χ1v) is 11.7.